The van der Waals surface area contributed by atoms with E-state index in [9.17, 15) is 9.90 Å². The summed E-state index contributed by atoms with van der Waals surface area (Å²) in [4.78, 5) is 11.8. The van der Waals surface area contributed by atoms with Gasteiger partial charge in [-0.25, -0.2) is 0 Å². The lowest BCUT2D eigenvalue weighted by Crippen LogP contribution is -2.41. The lowest BCUT2D eigenvalue weighted by atomic mass is 9.79. The van der Waals surface area contributed by atoms with Gasteiger partial charge < -0.3 is 15.2 Å². The first-order valence-corrected chi connectivity index (χ1v) is 7.26. The first-order chi connectivity index (χ1) is 8.67. The Morgan fingerprint density at radius 3 is 2.56 bits per heavy atom. The van der Waals surface area contributed by atoms with Crippen LogP contribution in [0.3, 0.4) is 0 Å². The molecule has 4 heteroatoms. The standard InChI is InChI=1S/C14H25NO3/c1-2-18-13-7-10(8-13)9-14(17)15-11-3-5-12(16)6-4-11/h10-13,16H,2-9H2,1H3,(H,15,17). The maximum Gasteiger partial charge on any atom is 0.220 e. The summed E-state index contributed by atoms with van der Waals surface area (Å²) in [7, 11) is 0. The van der Waals surface area contributed by atoms with E-state index in [-0.39, 0.29) is 18.1 Å². The van der Waals surface area contributed by atoms with Crippen LogP contribution in [-0.4, -0.2) is 35.9 Å². The van der Waals surface area contributed by atoms with E-state index < -0.39 is 0 Å². The number of carbonyl (C=O) groups excluding carboxylic acids is 1. The van der Waals surface area contributed by atoms with Crippen LogP contribution in [0.2, 0.25) is 0 Å². The van der Waals surface area contributed by atoms with Crippen molar-refractivity contribution in [3.63, 3.8) is 0 Å². The fourth-order valence-electron chi connectivity index (χ4n) is 2.98. The summed E-state index contributed by atoms with van der Waals surface area (Å²) >= 11 is 0. The third kappa shape index (κ3) is 3.95. The first-order valence-electron chi connectivity index (χ1n) is 7.26. The quantitative estimate of drug-likeness (QED) is 0.784. The van der Waals surface area contributed by atoms with Crippen molar-refractivity contribution in [3.05, 3.63) is 0 Å². The molecule has 4 nitrogen and oxygen atoms in total. The highest BCUT2D eigenvalue weighted by molar-refractivity contribution is 5.76. The van der Waals surface area contributed by atoms with Crippen LogP contribution in [-0.2, 0) is 9.53 Å². The van der Waals surface area contributed by atoms with Crippen molar-refractivity contribution in [2.45, 2.75) is 70.1 Å². The molecule has 0 aromatic carbocycles. The third-order valence-corrected chi connectivity index (χ3v) is 4.13. The van der Waals surface area contributed by atoms with Gasteiger partial charge in [0.15, 0.2) is 0 Å². The van der Waals surface area contributed by atoms with Gasteiger partial charge in [0.25, 0.3) is 0 Å². The van der Waals surface area contributed by atoms with Crippen LogP contribution < -0.4 is 5.32 Å². The molecular formula is C14H25NO3. The molecule has 0 spiro atoms. The Morgan fingerprint density at radius 1 is 1.28 bits per heavy atom. The van der Waals surface area contributed by atoms with Crippen molar-refractivity contribution >= 4 is 5.91 Å². The molecule has 2 aliphatic rings. The number of carbonyl (C=O) groups is 1. The molecule has 2 N–H and O–H groups in total. The second-order valence-electron chi connectivity index (χ2n) is 5.69. The zero-order valence-corrected chi connectivity index (χ0v) is 11.2. The van der Waals surface area contributed by atoms with E-state index in [1.165, 1.54) is 0 Å². The van der Waals surface area contributed by atoms with Gasteiger partial charge in [-0.2, -0.15) is 0 Å². The van der Waals surface area contributed by atoms with Crippen molar-refractivity contribution in [2.75, 3.05) is 6.61 Å². The minimum Gasteiger partial charge on any atom is -0.393 e. The summed E-state index contributed by atoms with van der Waals surface area (Å²) in [5.74, 6) is 0.687. The molecule has 0 unspecified atom stereocenters. The van der Waals surface area contributed by atoms with Crippen molar-refractivity contribution in [1.82, 2.24) is 5.32 Å². The zero-order valence-electron chi connectivity index (χ0n) is 11.2. The second kappa shape index (κ2) is 6.53. The molecule has 104 valence electrons. The first kappa shape index (κ1) is 13.8. The number of hydrogen-bond donors (Lipinski definition) is 2. The van der Waals surface area contributed by atoms with Gasteiger partial charge in [-0.1, -0.05) is 0 Å². The van der Waals surface area contributed by atoms with Gasteiger partial charge >= 0.3 is 0 Å². The summed E-state index contributed by atoms with van der Waals surface area (Å²) in [6, 6.07) is 0.281. The molecule has 0 atom stereocenters. The molecular weight excluding hydrogens is 230 g/mol. The van der Waals surface area contributed by atoms with E-state index in [0.29, 0.717) is 18.4 Å². The predicted octanol–water partition coefficient (Wildman–Crippen LogP) is 1.61. The van der Waals surface area contributed by atoms with Gasteiger partial charge in [-0.15, -0.1) is 0 Å². The Balaban J connectivity index is 1.59. The van der Waals surface area contributed by atoms with Crippen molar-refractivity contribution in [3.8, 4) is 0 Å². The highest BCUT2D eigenvalue weighted by Gasteiger charge is 2.31. The normalized spacial score (nSPS) is 35.9. The van der Waals surface area contributed by atoms with E-state index in [1.807, 2.05) is 6.92 Å². The van der Waals surface area contributed by atoms with Crippen LogP contribution in [0.4, 0.5) is 0 Å². The number of amides is 1. The average Bonchev–Trinajstić information content (AvgIpc) is 2.29. The molecule has 0 aromatic heterocycles. The molecule has 1 amide bonds. The Morgan fingerprint density at radius 2 is 1.94 bits per heavy atom. The molecule has 2 saturated carbocycles. The topological polar surface area (TPSA) is 58.6 Å². The Bertz CT molecular complexity index is 268. The molecule has 0 heterocycles. The van der Waals surface area contributed by atoms with Gasteiger partial charge in [-0.3, -0.25) is 4.79 Å². The number of nitrogens with one attached hydrogen (secondary N) is 1. The lowest BCUT2D eigenvalue weighted by Gasteiger charge is -2.35. The summed E-state index contributed by atoms with van der Waals surface area (Å²) in [6.07, 6.45) is 6.41. The van der Waals surface area contributed by atoms with E-state index in [0.717, 1.165) is 45.1 Å². The van der Waals surface area contributed by atoms with E-state index in [4.69, 9.17) is 4.74 Å². The second-order valence-corrected chi connectivity index (χ2v) is 5.69. The van der Waals surface area contributed by atoms with Crippen LogP contribution in [0.15, 0.2) is 0 Å². The summed E-state index contributed by atoms with van der Waals surface area (Å²) in [5, 5.41) is 12.5. The van der Waals surface area contributed by atoms with Gasteiger partial charge in [-0.05, 0) is 51.4 Å². The monoisotopic (exact) mass is 255 g/mol. The molecule has 18 heavy (non-hydrogen) atoms. The van der Waals surface area contributed by atoms with Gasteiger partial charge in [0.2, 0.25) is 5.91 Å². The smallest absolute Gasteiger partial charge is 0.220 e. The zero-order chi connectivity index (χ0) is 13.0. The summed E-state index contributed by atoms with van der Waals surface area (Å²) in [5.41, 5.74) is 0. The Hall–Kier alpha value is -0.610. The largest absolute Gasteiger partial charge is 0.393 e. The Labute approximate surface area is 109 Å². The molecule has 2 rings (SSSR count). The third-order valence-electron chi connectivity index (χ3n) is 4.13. The van der Waals surface area contributed by atoms with Crippen LogP contribution in [0.5, 0.6) is 0 Å². The van der Waals surface area contributed by atoms with Crippen molar-refractivity contribution in [2.24, 2.45) is 5.92 Å². The highest BCUT2D eigenvalue weighted by atomic mass is 16.5. The van der Waals surface area contributed by atoms with E-state index in [2.05, 4.69) is 5.32 Å². The number of rotatable bonds is 5. The lowest BCUT2D eigenvalue weighted by molar-refractivity contribution is -0.125. The highest BCUT2D eigenvalue weighted by Crippen LogP contribution is 2.32. The summed E-state index contributed by atoms with van der Waals surface area (Å²) < 4.78 is 5.49. The van der Waals surface area contributed by atoms with E-state index in [1.54, 1.807) is 0 Å². The van der Waals surface area contributed by atoms with Gasteiger partial charge in [0, 0.05) is 19.1 Å². The van der Waals surface area contributed by atoms with Crippen LogP contribution in [0, 0.1) is 5.92 Å². The van der Waals surface area contributed by atoms with Crippen LogP contribution in [0.25, 0.3) is 0 Å². The molecule has 0 saturated heterocycles. The van der Waals surface area contributed by atoms with Gasteiger partial charge in [0.1, 0.15) is 0 Å². The predicted molar refractivity (Wildman–Crippen MR) is 69.2 cm³/mol. The maximum absolute atomic E-state index is 11.8. The summed E-state index contributed by atoms with van der Waals surface area (Å²) in [6.45, 7) is 2.78. The number of aliphatic hydroxyl groups is 1. The molecule has 0 aliphatic heterocycles. The fraction of sp³-hybridized carbons (Fsp3) is 0.929. The number of ether oxygens (including phenoxy) is 1. The van der Waals surface area contributed by atoms with Gasteiger partial charge in [0.05, 0.1) is 12.2 Å². The van der Waals surface area contributed by atoms with E-state index >= 15 is 0 Å². The average molecular weight is 255 g/mol. The number of aliphatic hydroxyl groups excluding tert-OH is 1. The Kier molecular flexibility index (Phi) is 5.01. The van der Waals surface area contributed by atoms with Crippen molar-refractivity contribution < 1.29 is 14.6 Å². The molecule has 0 bridgehead atoms. The van der Waals surface area contributed by atoms with Crippen molar-refractivity contribution in [1.29, 1.82) is 0 Å². The molecule has 2 aliphatic carbocycles. The van der Waals surface area contributed by atoms with Crippen LogP contribution >= 0.6 is 0 Å². The molecule has 0 radical (unpaired) electrons. The molecule has 2 fully saturated rings. The number of hydrogen-bond acceptors (Lipinski definition) is 3. The SMILES string of the molecule is CCOC1CC(CC(=O)NC2CCC(O)CC2)C1. The van der Waals surface area contributed by atoms with Crippen LogP contribution in [0.1, 0.15) is 51.9 Å². The minimum absolute atomic E-state index is 0.156. The maximum atomic E-state index is 11.8. The minimum atomic E-state index is -0.156. The fourth-order valence-corrected chi connectivity index (χ4v) is 2.98. The molecule has 0 aromatic rings.